The number of nitrogens with one attached hydrogen (secondary N) is 5. The molecule has 0 unspecified atom stereocenters. The number of hydrogen-bond donors (Lipinski definition) is 6. The number of pyridine rings is 1. The van der Waals surface area contributed by atoms with Gasteiger partial charge in [0.1, 0.15) is 29.8 Å². The van der Waals surface area contributed by atoms with Gasteiger partial charge in [-0.2, -0.15) is 4.73 Å². The first kappa shape index (κ1) is 44.4. The van der Waals surface area contributed by atoms with E-state index in [4.69, 9.17) is 0 Å². The molecule has 0 spiro atoms. The Hall–Kier alpha value is -4.66. The van der Waals surface area contributed by atoms with E-state index in [1.165, 1.54) is 12.1 Å². The predicted molar refractivity (Wildman–Crippen MR) is 188 cm³/mol. The van der Waals surface area contributed by atoms with E-state index in [1.807, 2.05) is 6.92 Å². The number of benzene rings is 1. The Kier molecular flexibility index (Phi) is 18.7. The molecule has 6 atom stereocenters. The normalized spacial score (nSPS) is 14.5. The largest absolute Gasteiger partial charge is 0.619 e. The van der Waals surface area contributed by atoms with Crippen LogP contribution < -0.4 is 31.3 Å². The van der Waals surface area contributed by atoms with Gasteiger partial charge in [0, 0.05) is 24.7 Å². The molecule has 5 amide bonds. The Balaban J connectivity index is 0.0000130. The Labute approximate surface area is 298 Å². The summed E-state index contributed by atoms with van der Waals surface area (Å²) in [5.41, 5.74) is 0.245. The summed E-state index contributed by atoms with van der Waals surface area (Å²) in [6, 6.07) is 1.00. The highest BCUT2D eigenvalue weighted by Gasteiger charge is 2.33. The third-order valence-electron chi connectivity index (χ3n) is 8.24. The first-order chi connectivity index (χ1) is 23.6. The smallest absolute Gasteiger partial charge is 0.252 e. The maximum absolute atomic E-state index is 14.1. The highest BCUT2D eigenvalue weighted by atomic mass is 19.1. The van der Waals surface area contributed by atoms with Crippen LogP contribution in [0.1, 0.15) is 90.6 Å². The lowest BCUT2D eigenvalue weighted by atomic mass is 9.96. The molecule has 1 heterocycles. The van der Waals surface area contributed by atoms with Gasteiger partial charge in [-0.05, 0) is 49.3 Å². The second-order valence-electron chi connectivity index (χ2n) is 12.7. The number of aliphatic hydroxyl groups is 1. The van der Waals surface area contributed by atoms with Crippen molar-refractivity contribution in [3.63, 3.8) is 0 Å². The van der Waals surface area contributed by atoms with Crippen molar-refractivity contribution < 1.29 is 42.6 Å². The molecular formula is C36H54F2N6O7. The molecule has 0 aliphatic heterocycles. The van der Waals surface area contributed by atoms with E-state index in [0.29, 0.717) is 30.2 Å². The third kappa shape index (κ3) is 14.2. The molecule has 15 heteroatoms. The van der Waals surface area contributed by atoms with E-state index in [2.05, 4.69) is 26.6 Å². The van der Waals surface area contributed by atoms with E-state index < -0.39 is 77.9 Å². The molecule has 0 aliphatic carbocycles. The number of hydrogen-bond acceptors (Lipinski definition) is 7. The molecule has 1 aromatic carbocycles. The second kappa shape index (κ2) is 21.5. The molecular weight excluding hydrogens is 666 g/mol. The first-order valence-corrected chi connectivity index (χ1v) is 16.9. The highest BCUT2D eigenvalue weighted by molar-refractivity contribution is 5.98. The number of amides is 5. The van der Waals surface area contributed by atoms with Crippen LogP contribution in [-0.4, -0.2) is 71.5 Å². The van der Waals surface area contributed by atoms with Crippen molar-refractivity contribution in [1.29, 1.82) is 0 Å². The third-order valence-corrected chi connectivity index (χ3v) is 8.24. The lowest BCUT2D eigenvalue weighted by Gasteiger charge is -2.29. The Morgan fingerprint density at radius 2 is 1.45 bits per heavy atom. The number of rotatable bonds is 19. The van der Waals surface area contributed by atoms with Crippen molar-refractivity contribution >= 4 is 29.5 Å². The Morgan fingerprint density at radius 3 is 1.98 bits per heavy atom. The summed E-state index contributed by atoms with van der Waals surface area (Å²) >= 11 is 0. The molecule has 0 bridgehead atoms. The standard InChI is InChI=1S/C35H50F2N6O7.CH4/c1-7-10-26(39-35(49)31(21(6)8-2)42-32(46)23-11-13-43(50)14-12-23)33(47)40-27(17-22-15-24(36)18-25(37)16-22)28(44)19-29(45)41-30(20(4)5)34(48)38-9-3;/h11-16,18,20-21,26-28,30-31,44H,7-10,17,19H2,1-6H3,(H,38,48)(H,39,49)(H,40,47)(H,41,45)(H,42,46);1H4/t21-,26-,27-,28-,30-,31-;/m0./s1. The zero-order chi connectivity index (χ0) is 37.5. The van der Waals surface area contributed by atoms with Crippen molar-refractivity contribution in [2.75, 3.05) is 6.54 Å². The molecule has 2 aromatic rings. The van der Waals surface area contributed by atoms with Gasteiger partial charge >= 0.3 is 0 Å². The van der Waals surface area contributed by atoms with Crippen LogP contribution in [0, 0.1) is 28.7 Å². The van der Waals surface area contributed by atoms with Gasteiger partial charge in [-0.25, -0.2) is 8.78 Å². The van der Waals surface area contributed by atoms with Gasteiger partial charge in [0.25, 0.3) is 5.91 Å². The van der Waals surface area contributed by atoms with E-state index in [0.717, 1.165) is 24.5 Å². The molecule has 0 saturated carbocycles. The molecule has 0 radical (unpaired) electrons. The molecule has 2 rings (SSSR count). The summed E-state index contributed by atoms with van der Waals surface area (Å²) < 4.78 is 28.7. The number of aliphatic hydroxyl groups excluding tert-OH is 1. The second-order valence-corrected chi connectivity index (χ2v) is 12.7. The summed E-state index contributed by atoms with van der Waals surface area (Å²) in [7, 11) is 0. The number of aromatic nitrogens is 1. The number of likely N-dealkylation sites (N-methyl/N-ethyl adjacent to an activating group) is 1. The van der Waals surface area contributed by atoms with Gasteiger partial charge < -0.3 is 36.9 Å². The van der Waals surface area contributed by atoms with Gasteiger partial charge in [-0.1, -0.05) is 54.9 Å². The average Bonchev–Trinajstić information content (AvgIpc) is 3.04. The predicted octanol–water partition coefficient (Wildman–Crippen LogP) is 2.42. The quantitative estimate of drug-likeness (QED) is 0.0948. The Morgan fingerprint density at radius 1 is 0.843 bits per heavy atom. The van der Waals surface area contributed by atoms with Gasteiger partial charge in [-0.3, -0.25) is 24.0 Å². The first-order valence-electron chi connectivity index (χ1n) is 16.9. The Bertz CT molecular complexity index is 1440. The minimum absolute atomic E-state index is 0. The van der Waals surface area contributed by atoms with Crippen LogP contribution in [0.5, 0.6) is 0 Å². The van der Waals surface area contributed by atoms with E-state index in [1.54, 1.807) is 34.6 Å². The molecule has 0 saturated heterocycles. The van der Waals surface area contributed by atoms with Crippen LogP contribution in [0.3, 0.4) is 0 Å². The summed E-state index contributed by atoms with van der Waals surface area (Å²) in [6.45, 7) is 10.9. The maximum Gasteiger partial charge on any atom is 0.252 e. The van der Waals surface area contributed by atoms with E-state index >= 15 is 0 Å². The zero-order valence-corrected chi connectivity index (χ0v) is 29.4. The van der Waals surface area contributed by atoms with Gasteiger partial charge in [0.2, 0.25) is 23.6 Å². The topological polar surface area (TPSA) is 193 Å². The summed E-state index contributed by atoms with van der Waals surface area (Å²) in [5, 5.41) is 35.9. The lowest BCUT2D eigenvalue weighted by Crippen LogP contribution is -2.58. The van der Waals surface area contributed by atoms with Gasteiger partial charge in [0.05, 0.1) is 24.1 Å². The van der Waals surface area contributed by atoms with Crippen molar-refractivity contribution in [2.45, 2.75) is 111 Å². The molecule has 51 heavy (non-hydrogen) atoms. The lowest BCUT2D eigenvalue weighted by molar-refractivity contribution is -0.605. The van der Waals surface area contributed by atoms with Crippen molar-refractivity contribution in [3.05, 3.63) is 70.7 Å². The number of carbonyl (C=O) groups excluding carboxylic acids is 5. The van der Waals surface area contributed by atoms with E-state index in [-0.39, 0.29) is 43.2 Å². The average molecular weight is 721 g/mol. The summed E-state index contributed by atoms with van der Waals surface area (Å²) in [6.07, 6.45) is 0.968. The number of nitrogens with zero attached hydrogens (tertiary/aromatic N) is 1. The van der Waals surface area contributed by atoms with Gasteiger partial charge in [0.15, 0.2) is 12.4 Å². The van der Waals surface area contributed by atoms with Crippen LogP contribution >= 0.6 is 0 Å². The molecule has 284 valence electrons. The minimum atomic E-state index is -1.57. The van der Waals surface area contributed by atoms with Crippen molar-refractivity contribution in [1.82, 2.24) is 26.6 Å². The number of halogens is 2. The fourth-order valence-electron chi connectivity index (χ4n) is 5.24. The zero-order valence-electron chi connectivity index (χ0n) is 29.4. The number of carbonyl (C=O) groups is 5. The van der Waals surface area contributed by atoms with Crippen molar-refractivity contribution in [2.24, 2.45) is 11.8 Å². The van der Waals surface area contributed by atoms with Crippen LogP contribution in [0.15, 0.2) is 42.7 Å². The maximum atomic E-state index is 14.1. The molecule has 13 nitrogen and oxygen atoms in total. The summed E-state index contributed by atoms with van der Waals surface area (Å²) in [5.74, 6) is -5.48. The molecule has 1 aromatic heterocycles. The fourth-order valence-corrected chi connectivity index (χ4v) is 5.24. The molecule has 0 fully saturated rings. The van der Waals surface area contributed by atoms with Crippen LogP contribution in [0.25, 0.3) is 0 Å². The van der Waals surface area contributed by atoms with E-state index in [9.17, 15) is 43.1 Å². The fraction of sp³-hybridized carbons (Fsp3) is 0.556. The monoisotopic (exact) mass is 720 g/mol. The van der Waals surface area contributed by atoms with Crippen LogP contribution in [0.2, 0.25) is 0 Å². The minimum Gasteiger partial charge on any atom is -0.619 e. The van der Waals surface area contributed by atoms with Crippen LogP contribution in [0.4, 0.5) is 8.78 Å². The summed E-state index contributed by atoms with van der Waals surface area (Å²) in [4.78, 5) is 65.7. The van der Waals surface area contributed by atoms with Crippen molar-refractivity contribution in [3.8, 4) is 0 Å². The SMILES string of the molecule is C.CCC[C@H](NC(=O)[C@@H](NC(=O)c1cc[n+]([O-])cc1)[C@@H](C)CC)C(=O)N[C@@H](Cc1cc(F)cc(F)c1)[C@@H](O)CC(=O)N[C@H](C(=O)NCC)C(C)C. The van der Waals surface area contributed by atoms with Crippen LogP contribution in [-0.2, 0) is 25.6 Å². The molecule has 6 N–H and O–H groups in total. The van der Waals surface area contributed by atoms with Gasteiger partial charge in [-0.15, -0.1) is 0 Å². The highest BCUT2D eigenvalue weighted by Crippen LogP contribution is 2.15. The molecule has 0 aliphatic rings.